The predicted molar refractivity (Wildman–Crippen MR) is 200 cm³/mol. The molecular formula is C40H58N8O4. The van der Waals surface area contributed by atoms with E-state index in [9.17, 15) is 14.4 Å². The van der Waals surface area contributed by atoms with E-state index in [-0.39, 0.29) is 41.8 Å². The van der Waals surface area contributed by atoms with E-state index in [1.54, 1.807) is 0 Å². The van der Waals surface area contributed by atoms with Crippen LogP contribution in [0.2, 0.25) is 0 Å². The van der Waals surface area contributed by atoms with Crippen LogP contribution in [-0.4, -0.2) is 98.9 Å². The summed E-state index contributed by atoms with van der Waals surface area (Å²) in [4.78, 5) is 61.7. The molecule has 4 atom stereocenters. The molecule has 1 aliphatic carbocycles. The molecule has 0 radical (unpaired) electrons. The Labute approximate surface area is 308 Å². The van der Waals surface area contributed by atoms with Crippen LogP contribution >= 0.6 is 0 Å². The number of nitrogens with one attached hydrogen (secondary N) is 3. The van der Waals surface area contributed by atoms with Gasteiger partial charge in [-0.05, 0) is 94.3 Å². The number of ether oxygens (including phenoxy) is 1. The van der Waals surface area contributed by atoms with Crippen LogP contribution in [0, 0.1) is 11.8 Å². The zero-order chi connectivity index (χ0) is 37.1. The number of H-pyrrole nitrogens is 2. The zero-order valence-corrected chi connectivity index (χ0v) is 32.0. The number of aromatic amines is 2. The quantitative estimate of drug-likeness (QED) is 0.205. The minimum absolute atomic E-state index is 0.0235. The summed E-state index contributed by atoms with van der Waals surface area (Å²) < 4.78 is 4.77. The smallest absolute Gasteiger partial charge is 0.407 e. The first-order valence-corrected chi connectivity index (χ1v) is 19.3. The highest BCUT2D eigenvalue weighted by atomic mass is 16.5. The Kier molecular flexibility index (Phi) is 11.7. The molecule has 0 spiro atoms. The lowest BCUT2D eigenvalue weighted by molar-refractivity contribution is -0.138. The number of alkyl carbamates (subject to hydrolysis) is 1. The molecular weight excluding hydrogens is 656 g/mol. The second-order valence-electron chi connectivity index (χ2n) is 16.0. The molecule has 4 heterocycles. The van der Waals surface area contributed by atoms with E-state index in [1.807, 2.05) is 50.1 Å². The van der Waals surface area contributed by atoms with Crippen LogP contribution in [0.1, 0.15) is 126 Å². The second-order valence-corrected chi connectivity index (χ2v) is 16.0. The summed E-state index contributed by atoms with van der Waals surface area (Å²) in [7, 11) is 5.29. The van der Waals surface area contributed by atoms with Gasteiger partial charge in [-0.1, -0.05) is 52.0 Å². The van der Waals surface area contributed by atoms with Gasteiger partial charge in [0.1, 0.15) is 17.7 Å². The average molecular weight is 715 g/mol. The van der Waals surface area contributed by atoms with Gasteiger partial charge in [0.2, 0.25) is 11.8 Å². The third kappa shape index (κ3) is 7.91. The first kappa shape index (κ1) is 37.6. The summed E-state index contributed by atoms with van der Waals surface area (Å²) >= 11 is 0. The van der Waals surface area contributed by atoms with Crippen molar-refractivity contribution in [2.24, 2.45) is 11.8 Å². The van der Waals surface area contributed by atoms with Crippen LogP contribution in [0.25, 0.3) is 11.3 Å². The molecule has 1 saturated carbocycles. The van der Waals surface area contributed by atoms with Crippen molar-refractivity contribution in [2.45, 2.75) is 115 Å². The van der Waals surface area contributed by atoms with Crippen LogP contribution in [0.4, 0.5) is 4.79 Å². The van der Waals surface area contributed by atoms with Gasteiger partial charge < -0.3 is 29.8 Å². The maximum atomic E-state index is 13.6. The van der Waals surface area contributed by atoms with E-state index in [0.29, 0.717) is 18.4 Å². The standard InChI is InChI=1S/C40H58N8O4/c1-24(2)34(45-40(51)52-7)38(49)47-20-8-10-32(47)36-41-22-30(43-36)28-16-12-26(13-17-28)27-14-18-29(19-15-27)31-23-42-37(44-31)33-11-9-21-48(33)39(50)35(25(3)4)46(5)6/h12-13,16-17,22-25,27,29,32-35H,8-11,14-15,18-21H2,1-7H3,(H,41,43)(H,42,44)(H,45,51)/t27?,29?,32-,33-,34-,35-/m0/s1. The second kappa shape index (κ2) is 16.2. The van der Waals surface area contributed by atoms with Crippen LogP contribution < -0.4 is 5.32 Å². The monoisotopic (exact) mass is 714 g/mol. The molecule has 3 N–H and O–H groups in total. The molecule has 3 aromatic rings. The van der Waals surface area contributed by atoms with E-state index >= 15 is 0 Å². The highest BCUT2D eigenvalue weighted by Crippen LogP contribution is 2.41. The highest BCUT2D eigenvalue weighted by molar-refractivity contribution is 5.86. The SMILES string of the molecule is COC(=O)N[C@H](C(=O)N1CCC[C@H]1c1ncc(-c2ccc(C3CCC(c4cnc([C@@H]5CCCN5C(=O)[C@H](C(C)C)N(C)C)[nH]4)CC3)cc2)[nH]1)C(C)C. The van der Waals surface area contributed by atoms with E-state index in [1.165, 1.54) is 18.4 Å². The molecule has 3 fully saturated rings. The number of hydrogen-bond donors (Lipinski definition) is 3. The number of amides is 3. The van der Waals surface area contributed by atoms with Crippen LogP contribution in [-0.2, 0) is 14.3 Å². The van der Waals surface area contributed by atoms with Crippen molar-refractivity contribution in [3.63, 3.8) is 0 Å². The summed E-state index contributed by atoms with van der Waals surface area (Å²) in [5.41, 5.74) is 4.55. The van der Waals surface area contributed by atoms with Crippen molar-refractivity contribution in [1.82, 2.24) is 40.0 Å². The number of likely N-dealkylation sites (tertiary alicyclic amines) is 2. The molecule has 282 valence electrons. The van der Waals surface area contributed by atoms with Crippen molar-refractivity contribution >= 4 is 17.9 Å². The maximum Gasteiger partial charge on any atom is 0.407 e. The highest BCUT2D eigenvalue weighted by Gasteiger charge is 2.39. The van der Waals surface area contributed by atoms with Gasteiger partial charge >= 0.3 is 6.09 Å². The fourth-order valence-corrected chi connectivity index (χ4v) is 8.83. The minimum Gasteiger partial charge on any atom is -0.453 e. The number of rotatable bonds is 11. The number of benzene rings is 1. The Morgan fingerprint density at radius 3 is 1.94 bits per heavy atom. The number of aromatic nitrogens is 4. The molecule has 2 saturated heterocycles. The molecule has 3 amide bonds. The molecule has 2 aromatic heterocycles. The molecule has 12 heteroatoms. The number of nitrogens with zero attached hydrogens (tertiary/aromatic N) is 5. The van der Waals surface area contributed by atoms with Crippen LogP contribution in [0.5, 0.6) is 0 Å². The first-order valence-electron chi connectivity index (χ1n) is 19.3. The number of hydrogen-bond acceptors (Lipinski definition) is 7. The molecule has 12 nitrogen and oxygen atoms in total. The van der Waals surface area contributed by atoms with Gasteiger partial charge in [-0.3, -0.25) is 14.5 Å². The van der Waals surface area contributed by atoms with Gasteiger partial charge in [-0.2, -0.15) is 0 Å². The lowest BCUT2D eigenvalue weighted by atomic mass is 9.77. The number of carbonyl (C=O) groups excluding carboxylic acids is 3. The van der Waals surface area contributed by atoms with Gasteiger partial charge in [0.15, 0.2) is 0 Å². The summed E-state index contributed by atoms with van der Waals surface area (Å²) in [6.07, 6.45) is 11.4. The van der Waals surface area contributed by atoms with Crippen molar-refractivity contribution in [1.29, 1.82) is 0 Å². The minimum atomic E-state index is -0.659. The lowest BCUT2D eigenvalue weighted by Crippen LogP contribution is -2.51. The van der Waals surface area contributed by atoms with Crippen molar-refractivity contribution < 1.29 is 19.1 Å². The number of methoxy groups -OCH3 is 1. The Morgan fingerprint density at radius 1 is 0.788 bits per heavy atom. The van der Waals surface area contributed by atoms with E-state index in [2.05, 4.69) is 58.3 Å². The summed E-state index contributed by atoms with van der Waals surface area (Å²) in [6.45, 7) is 9.49. The third-order valence-corrected chi connectivity index (χ3v) is 11.6. The van der Waals surface area contributed by atoms with E-state index in [4.69, 9.17) is 14.7 Å². The molecule has 0 unspecified atom stereocenters. The zero-order valence-electron chi connectivity index (χ0n) is 32.0. The average Bonchev–Trinajstić information content (AvgIpc) is 3.96. The van der Waals surface area contributed by atoms with Gasteiger partial charge in [0.25, 0.3) is 0 Å². The Bertz CT molecular complexity index is 1660. The first-order chi connectivity index (χ1) is 25.0. The summed E-state index contributed by atoms with van der Waals surface area (Å²) in [6, 6.07) is 7.90. The van der Waals surface area contributed by atoms with Gasteiger partial charge in [-0.25, -0.2) is 14.8 Å². The Hall–Kier alpha value is -4.19. The van der Waals surface area contributed by atoms with Gasteiger partial charge in [0, 0.05) is 30.9 Å². The maximum absolute atomic E-state index is 13.6. The molecule has 0 bridgehead atoms. The van der Waals surface area contributed by atoms with E-state index in [0.717, 1.165) is 80.8 Å². The van der Waals surface area contributed by atoms with Crippen molar-refractivity contribution in [3.8, 4) is 11.3 Å². The normalized spacial score (nSPS) is 23.4. The van der Waals surface area contributed by atoms with E-state index < -0.39 is 12.1 Å². The molecule has 2 aliphatic heterocycles. The summed E-state index contributed by atoms with van der Waals surface area (Å²) in [5.74, 6) is 2.93. The van der Waals surface area contributed by atoms with Gasteiger partial charge in [-0.15, -0.1) is 0 Å². The van der Waals surface area contributed by atoms with Crippen LogP contribution in [0.15, 0.2) is 36.7 Å². The fourth-order valence-electron chi connectivity index (χ4n) is 8.83. The van der Waals surface area contributed by atoms with Gasteiger partial charge in [0.05, 0.1) is 37.1 Å². The van der Waals surface area contributed by atoms with Crippen LogP contribution in [0.3, 0.4) is 0 Å². The molecule has 3 aliphatic rings. The molecule has 52 heavy (non-hydrogen) atoms. The Morgan fingerprint density at radius 2 is 1.37 bits per heavy atom. The number of likely N-dealkylation sites (N-methyl/N-ethyl adjacent to an activating group) is 1. The lowest BCUT2D eigenvalue weighted by Gasteiger charge is -2.33. The fraction of sp³-hybridized carbons (Fsp3) is 0.625. The van der Waals surface area contributed by atoms with Crippen molar-refractivity contribution in [3.05, 3.63) is 59.6 Å². The Balaban J connectivity index is 1.05. The predicted octanol–water partition coefficient (Wildman–Crippen LogP) is 6.54. The largest absolute Gasteiger partial charge is 0.453 e. The topological polar surface area (TPSA) is 140 Å². The summed E-state index contributed by atoms with van der Waals surface area (Å²) in [5, 5.41) is 2.71. The third-order valence-electron chi connectivity index (χ3n) is 11.6. The van der Waals surface area contributed by atoms with Crippen molar-refractivity contribution in [2.75, 3.05) is 34.3 Å². The number of carbonyl (C=O) groups is 3. The molecule has 1 aromatic carbocycles. The molecule has 6 rings (SSSR count). The number of imidazole rings is 2.